The monoisotopic (exact) mass is 300 g/mol. The average Bonchev–Trinajstić information content (AvgIpc) is 2.48. The van der Waals surface area contributed by atoms with Gasteiger partial charge in [0.25, 0.3) is 0 Å². The van der Waals surface area contributed by atoms with Crippen molar-refractivity contribution in [3.8, 4) is 11.1 Å². The largest absolute Gasteiger partial charge is 0.294 e. The van der Waals surface area contributed by atoms with Crippen LogP contribution >= 0.6 is 15.9 Å². The lowest BCUT2D eigenvalue weighted by molar-refractivity contribution is 0.0984. The zero-order valence-corrected chi connectivity index (χ0v) is 11.8. The van der Waals surface area contributed by atoms with Crippen LogP contribution in [0.4, 0.5) is 0 Å². The second-order valence-corrected chi connectivity index (χ2v) is 5.64. The topological polar surface area (TPSA) is 17.1 Å². The van der Waals surface area contributed by atoms with E-state index in [1.165, 1.54) is 11.1 Å². The summed E-state index contributed by atoms with van der Waals surface area (Å²) >= 11 is 3.53. The van der Waals surface area contributed by atoms with Crippen LogP contribution in [0.25, 0.3) is 11.1 Å². The van der Waals surface area contributed by atoms with Gasteiger partial charge in [-0.2, -0.15) is 0 Å². The van der Waals surface area contributed by atoms with E-state index in [1.54, 1.807) is 0 Å². The number of benzene rings is 2. The Bertz CT molecular complexity index is 644. The predicted molar refractivity (Wildman–Crippen MR) is 77.0 cm³/mol. The van der Waals surface area contributed by atoms with Gasteiger partial charge in [-0.05, 0) is 47.7 Å². The van der Waals surface area contributed by atoms with Crippen molar-refractivity contribution >= 4 is 21.7 Å². The van der Waals surface area contributed by atoms with Gasteiger partial charge in [-0.25, -0.2) is 0 Å². The van der Waals surface area contributed by atoms with Gasteiger partial charge in [0.2, 0.25) is 0 Å². The van der Waals surface area contributed by atoms with E-state index in [2.05, 4.69) is 34.1 Å². The van der Waals surface area contributed by atoms with Gasteiger partial charge in [0.15, 0.2) is 5.78 Å². The third-order valence-electron chi connectivity index (χ3n) is 3.51. The second-order valence-electron chi connectivity index (χ2n) is 4.73. The number of fused-ring (bicyclic) bond motifs is 3. The molecule has 0 saturated heterocycles. The van der Waals surface area contributed by atoms with Gasteiger partial charge >= 0.3 is 0 Å². The van der Waals surface area contributed by atoms with Crippen molar-refractivity contribution in [3.63, 3.8) is 0 Å². The molecule has 0 bridgehead atoms. The molecule has 0 saturated carbocycles. The van der Waals surface area contributed by atoms with Crippen LogP contribution in [0.1, 0.15) is 27.9 Å². The Hall–Kier alpha value is -1.41. The molecule has 3 rings (SSSR count). The van der Waals surface area contributed by atoms with Crippen molar-refractivity contribution < 1.29 is 4.79 Å². The van der Waals surface area contributed by atoms with Crippen LogP contribution in [-0.4, -0.2) is 5.78 Å². The summed E-state index contributed by atoms with van der Waals surface area (Å²) in [7, 11) is 0. The molecule has 1 aliphatic carbocycles. The number of hydrogen-bond acceptors (Lipinski definition) is 1. The maximum Gasteiger partial charge on any atom is 0.164 e. The number of rotatable bonds is 0. The Morgan fingerprint density at radius 1 is 1.06 bits per heavy atom. The molecular formula is C16H13BrO. The number of carbonyl (C=O) groups is 1. The minimum Gasteiger partial charge on any atom is -0.294 e. The molecule has 0 N–H and O–H groups in total. The first kappa shape index (κ1) is 11.7. The van der Waals surface area contributed by atoms with Gasteiger partial charge in [-0.1, -0.05) is 40.2 Å². The molecule has 0 aromatic heterocycles. The van der Waals surface area contributed by atoms with Crippen LogP contribution in [0, 0.1) is 6.92 Å². The van der Waals surface area contributed by atoms with Crippen LogP contribution in [-0.2, 0) is 6.42 Å². The van der Waals surface area contributed by atoms with Crippen molar-refractivity contribution in [3.05, 3.63) is 57.6 Å². The van der Waals surface area contributed by atoms with E-state index >= 15 is 0 Å². The zero-order chi connectivity index (χ0) is 12.7. The first-order valence-electron chi connectivity index (χ1n) is 6.08. The summed E-state index contributed by atoms with van der Waals surface area (Å²) in [5.74, 6) is 0.256. The van der Waals surface area contributed by atoms with E-state index < -0.39 is 0 Å². The van der Waals surface area contributed by atoms with Gasteiger partial charge in [0.1, 0.15) is 0 Å². The summed E-state index contributed by atoms with van der Waals surface area (Å²) in [5, 5.41) is 0. The molecule has 0 spiro atoms. The van der Waals surface area contributed by atoms with Crippen LogP contribution in [0.2, 0.25) is 0 Å². The lowest BCUT2D eigenvalue weighted by Gasteiger charge is -2.11. The smallest absolute Gasteiger partial charge is 0.164 e. The Labute approximate surface area is 115 Å². The first-order valence-corrected chi connectivity index (χ1v) is 6.88. The van der Waals surface area contributed by atoms with Gasteiger partial charge in [-0.3, -0.25) is 4.79 Å². The van der Waals surface area contributed by atoms with E-state index in [1.807, 2.05) is 25.1 Å². The first-order chi connectivity index (χ1) is 8.66. The van der Waals surface area contributed by atoms with Crippen LogP contribution in [0.3, 0.4) is 0 Å². The van der Waals surface area contributed by atoms with E-state index in [-0.39, 0.29) is 5.78 Å². The number of ketones is 1. The lowest BCUT2D eigenvalue weighted by Crippen LogP contribution is -2.02. The van der Waals surface area contributed by atoms with E-state index in [0.717, 1.165) is 27.6 Å². The Morgan fingerprint density at radius 3 is 2.67 bits per heavy atom. The SMILES string of the molecule is Cc1cc(Br)cc2c1C(=O)CCc1ccccc1-2. The fourth-order valence-electron chi connectivity index (χ4n) is 2.70. The number of hydrogen-bond donors (Lipinski definition) is 0. The number of aryl methyl sites for hydroxylation is 2. The molecule has 0 radical (unpaired) electrons. The molecule has 0 unspecified atom stereocenters. The van der Waals surface area contributed by atoms with Crippen LogP contribution in [0.15, 0.2) is 40.9 Å². The molecule has 0 atom stereocenters. The van der Waals surface area contributed by atoms with Gasteiger partial charge in [0, 0.05) is 16.5 Å². The van der Waals surface area contributed by atoms with Crippen LogP contribution in [0.5, 0.6) is 0 Å². The third kappa shape index (κ3) is 1.81. The molecule has 18 heavy (non-hydrogen) atoms. The quantitative estimate of drug-likeness (QED) is 0.697. The van der Waals surface area contributed by atoms with E-state index in [4.69, 9.17) is 0 Å². The summed E-state index contributed by atoms with van der Waals surface area (Å²) in [5.41, 5.74) is 5.48. The molecule has 1 nitrogen and oxygen atoms in total. The highest BCUT2D eigenvalue weighted by atomic mass is 79.9. The highest BCUT2D eigenvalue weighted by molar-refractivity contribution is 9.10. The van der Waals surface area contributed by atoms with Crippen molar-refractivity contribution in [2.75, 3.05) is 0 Å². The number of Topliss-reactive ketones (excluding diaryl/α,β-unsaturated/α-hetero) is 1. The summed E-state index contributed by atoms with van der Waals surface area (Å²) in [4.78, 5) is 12.3. The lowest BCUT2D eigenvalue weighted by atomic mass is 9.93. The maximum atomic E-state index is 12.3. The molecular weight excluding hydrogens is 288 g/mol. The predicted octanol–water partition coefficient (Wildman–Crippen LogP) is 4.55. The molecule has 1 aliphatic rings. The highest BCUT2D eigenvalue weighted by Gasteiger charge is 2.21. The van der Waals surface area contributed by atoms with Gasteiger partial charge in [0.05, 0.1) is 0 Å². The normalized spacial score (nSPS) is 13.8. The Balaban J connectivity index is 2.38. The molecule has 0 amide bonds. The summed E-state index contributed by atoms with van der Waals surface area (Å²) in [6.07, 6.45) is 1.44. The molecule has 0 aliphatic heterocycles. The van der Waals surface area contributed by atoms with Crippen LogP contribution < -0.4 is 0 Å². The standard InChI is InChI=1S/C16H13BrO/c1-10-8-12(17)9-14-13-5-3-2-4-11(13)6-7-15(18)16(10)14/h2-5,8-9H,6-7H2,1H3. The molecule has 0 fully saturated rings. The van der Waals surface area contributed by atoms with Crippen molar-refractivity contribution in [2.45, 2.75) is 19.8 Å². The minimum absolute atomic E-state index is 0.256. The van der Waals surface area contributed by atoms with Crippen molar-refractivity contribution in [1.82, 2.24) is 0 Å². The Kier molecular flexibility index (Phi) is 2.83. The fourth-order valence-corrected chi connectivity index (χ4v) is 3.27. The number of carbonyl (C=O) groups excluding carboxylic acids is 1. The molecule has 2 aromatic carbocycles. The Morgan fingerprint density at radius 2 is 1.83 bits per heavy atom. The fraction of sp³-hybridized carbons (Fsp3) is 0.188. The van der Waals surface area contributed by atoms with E-state index in [0.29, 0.717) is 6.42 Å². The van der Waals surface area contributed by atoms with Gasteiger partial charge in [-0.15, -0.1) is 0 Å². The second kappa shape index (κ2) is 4.36. The molecule has 90 valence electrons. The van der Waals surface area contributed by atoms with Crippen molar-refractivity contribution in [1.29, 1.82) is 0 Å². The summed E-state index contributed by atoms with van der Waals surface area (Å²) < 4.78 is 1.03. The molecule has 2 heteroatoms. The molecule has 2 aromatic rings. The minimum atomic E-state index is 0.256. The maximum absolute atomic E-state index is 12.3. The number of halogens is 1. The summed E-state index contributed by atoms with van der Waals surface area (Å²) in [6.45, 7) is 2.01. The average molecular weight is 301 g/mol. The third-order valence-corrected chi connectivity index (χ3v) is 3.97. The molecule has 0 heterocycles. The highest BCUT2D eigenvalue weighted by Crippen LogP contribution is 2.36. The van der Waals surface area contributed by atoms with E-state index in [9.17, 15) is 4.79 Å². The summed E-state index contributed by atoms with van der Waals surface area (Å²) in [6, 6.07) is 12.4. The van der Waals surface area contributed by atoms with Crippen molar-refractivity contribution in [2.24, 2.45) is 0 Å². The zero-order valence-electron chi connectivity index (χ0n) is 10.2. The van der Waals surface area contributed by atoms with Gasteiger partial charge < -0.3 is 0 Å².